The zero-order valence-electron chi connectivity index (χ0n) is 15.2. The minimum Gasteiger partial charge on any atom is -0.457 e. The maximum absolute atomic E-state index is 12.9. The largest absolute Gasteiger partial charge is 0.457 e. The van der Waals surface area contributed by atoms with Gasteiger partial charge in [0.25, 0.3) is 0 Å². The molecule has 2 N–H and O–H groups in total. The quantitative estimate of drug-likeness (QED) is 0.627. The molecule has 0 radical (unpaired) electrons. The van der Waals surface area contributed by atoms with E-state index in [1.165, 1.54) is 17.7 Å². The van der Waals surface area contributed by atoms with Crippen molar-refractivity contribution >= 4 is 22.9 Å². The highest BCUT2D eigenvalue weighted by Gasteiger charge is 2.29. The van der Waals surface area contributed by atoms with Crippen LogP contribution in [0.2, 0.25) is 0 Å². The highest BCUT2D eigenvalue weighted by Crippen LogP contribution is 2.24. The molecule has 0 spiro atoms. The van der Waals surface area contributed by atoms with Crippen LogP contribution in [0.5, 0.6) is 11.5 Å². The first-order valence-electron chi connectivity index (χ1n) is 9.24. The van der Waals surface area contributed by atoms with Gasteiger partial charge in [-0.2, -0.15) is 11.3 Å². The third-order valence-corrected chi connectivity index (χ3v) is 5.55. The fraction of sp³-hybridized carbons (Fsp3) is 0.227. The third kappa shape index (κ3) is 4.77. The Labute approximate surface area is 167 Å². The molecule has 144 valence electrons. The minimum absolute atomic E-state index is 0.0139. The van der Waals surface area contributed by atoms with Crippen molar-refractivity contribution in [2.24, 2.45) is 5.92 Å². The summed E-state index contributed by atoms with van der Waals surface area (Å²) in [6, 6.07) is 15.0. The van der Waals surface area contributed by atoms with Gasteiger partial charge in [-0.05, 0) is 96.2 Å². The molecule has 6 heteroatoms. The van der Waals surface area contributed by atoms with Gasteiger partial charge in [0.15, 0.2) is 0 Å². The number of thiophene rings is 1. The zero-order valence-corrected chi connectivity index (χ0v) is 16.0. The Morgan fingerprint density at radius 2 is 1.82 bits per heavy atom. The Bertz CT molecular complexity index is 911. The molecule has 2 unspecified atom stereocenters. The van der Waals surface area contributed by atoms with E-state index in [2.05, 4.69) is 27.5 Å². The summed E-state index contributed by atoms with van der Waals surface area (Å²) in [5.41, 5.74) is 2.06. The Balaban J connectivity index is 1.29. The molecule has 1 amide bonds. The van der Waals surface area contributed by atoms with Crippen molar-refractivity contribution in [3.63, 3.8) is 0 Å². The summed E-state index contributed by atoms with van der Waals surface area (Å²) in [5, 5.41) is 10.5. The predicted molar refractivity (Wildman–Crippen MR) is 109 cm³/mol. The van der Waals surface area contributed by atoms with Crippen LogP contribution < -0.4 is 15.4 Å². The van der Waals surface area contributed by atoms with Gasteiger partial charge in [0.2, 0.25) is 5.91 Å². The highest BCUT2D eigenvalue weighted by molar-refractivity contribution is 7.07. The van der Waals surface area contributed by atoms with Gasteiger partial charge >= 0.3 is 0 Å². The van der Waals surface area contributed by atoms with Gasteiger partial charge in [-0.3, -0.25) is 4.79 Å². The molecule has 1 saturated heterocycles. The molecule has 0 aliphatic carbocycles. The summed E-state index contributed by atoms with van der Waals surface area (Å²) < 4.78 is 18.6. The van der Waals surface area contributed by atoms with Crippen molar-refractivity contribution in [1.82, 2.24) is 5.32 Å². The number of rotatable bonds is 6. The van der Waals surface area contributed by atoms with Gasteiger partial charge in [-0.15, -0.1) is 0 Å². The maximum Gasteiger partial charge on any atom is 0.241 e. The van der Waals surface area contributed by atoms with E-state index in [4.69, 9.17) is 4.74 Å². The first-order valence-corrected chi connectivity index (χ1v) is 10.2. The average Bonchev–Trinajstić information content (AvgIpc) is 3.38. The fourth-order valence-electron chi connectivity index (χ4n) is 3.38. The summed E-state index contributed by atoms with van der Waals surface area (Å²) >= 11 is 1.71. The Morgan fingerprint density at radius 3 is 2.50 bits per heavy atom. The molecule has 4 nitrogen and oxygen atoms in total. The summed E-state index contributed by atoms with van der Waals surface area (Å²) in [6.07, 6.45) is 1.85. The summed E-state index contributed by atoms with van der Waals surface area (Å²) in [7, 11) is 0. The number of carbonyl (C=O) groups excluding carboxylic acids is 1. The van der Waals surface area contributed by atoms with Gasteiger partial charge in [-0.1, -0.05) is 0 Å². The number of halogens is 1. The number of hydrogen-bond acceptors (Lipinski definition) is 4. The molecule has 28 heavy (non-hydrogen) atoms. The highest BCUT2D eigenvalue weighted by atomic mass is 32.1. The number of carbonyl (C=O) groups is 1. The molecule has 1 fully saturated rings. The van der Waals surface area contributed by atoms with E-state index in [1.54, 1.807) is 47.7 Å². The smallest absolute Gasteiger partial charge is 0.241 e. The van der Waals surface area contributed by atoms with Crippen LogP contribution in [0.3, 0.4) is 0 Å². The van der Waals surface area contributed by atoms with Gasteiger partial charge in [0, 0.05) is 5.69 Å². The second-order valence-electron chi connectivity index (χ2n) is 6.97. The van der Waals surface area contributed by atoms with Crippen molar-refractivity contribution < 1.29 is 13.9 Å². The molecule has 2 heterocycles. The third-order valence-electron chi connectivity index (χ3n) is 4.81. The lowest BCUT2D eigenvalue weighted by Crippen LogP contribution is -2.35. The lowest BCUT2D eigenvalue weighted by atomic mass is 9.98. The van der Waals surface area contributed by atoms with E-state index in [9.17, 15) is 9.18 Å². The molecule has 3 aromatic rings. The summed E-state index contributed by atoms with van der Waals surface area (Å²) in [4.78, 5) is 12.5. The molecule has 0 bridgehead atoms. The predicted octanol–water partition coefficient (Wildman–Crippen LogP) is 4.84. The van der Waals surface area contributed by atoms with Gasteiger partial charge < -0.3 is 15.4 Å². The Morgan fingerprint density at radius 1 is 1.11 bits per heavy atom. The Kier molecular flexibility index (Phi) is 5.69. The zero-order chi connectivity index (χ0) is 19.3. The monoisotopic (exact) mass is 396 g/mol. The van der Waals surface area contributed by atoms with E-state index in [0.29, 0.717) is 17.4 Å². The van der Waals surface area contributed by atoms with Crippen molar-refractivity contribution in [2.45, 2.75) is 18.9 Å². The van der Waals surface area contributed by atoms with Gasteiger partial charge in [0.1, 0.15) is 17.3 Å². The van der Waals surface area contributed by atoms with Crippen LogP contribution in [0, 0.1) is 11.7 Å². The number of ether oxygens (including phenoxy) is 1. The van der Waals surface area contributed by atoms with Gasteiger partial charge in [0.05, 0.1) is 6.04 Å². The SMILES string of the molecule is O=C(Nc1ccc(Oc2ccc(F)cc2)cc1)C1CC(Cc2ccsc2)CN1. The molecule has 2 aromatic carbocycles. The van der Waals surface area contributed by atoms with Crippen molar-refractivity contribution in [1.29, 1.82) is 0 Å². The van der Waals surface area contributed by atoms with E-state index < -0.39 is 0 Å². The van der Waals surface area contributed by atoms with Crippen LogP contribution in [0.15, 0.2) is 65.4 Å². The Hall–Kier alpha value is -2.70. The molecule has 1 aromatic heterocycles. The molecule has 1 aliphatic heterocycles. The number of benzene rings is 2. The first kappa shape index (κ1) is 18.7. The van der Waals surface area contributed by atoms with E-state index in [0.717, 1.165) is 25.1 Å². The molecule has 4 rings (SSSR count). The van der Waals surface area contributed by atoms with Crippen molar-refractivity contribution in [3.8, 4) is 11.5 Å². The van der Waals surface area contributed by atoms with Crippen LogP contribution in [0.25, 0.3) is 0 Å². The van der Waals surface area contributed by atoms with Crippen LogP contribution >= 0.6 is 11.3 Å². The first-order chi connectivity index (χ1) is 13.7. The van der Waals surface area contributed by atoms with E-state index >= 15 is 0 Å². The number of amides is 1. The number of anilines is 1. The van der Waals surface area contributed by atoms with Gasteiger partial charge in [-0.25, -0.2) is 4.39 Å². The van der Waals surface area contributed by atoms with Crippen LogP contribution in [0.1, 0.15) is 12.0 Å². The lowest BCUT2D eigenvalue weighted by molar-refractivity contribution is -0.117. The van der Waals surface area contributed by atoms with Crippen LogP contribution in [0.4, 0.5) is 10.1 Å². The van der Waals surface area contributed by atoms with Crippen molar-refractivity contribution in [3.05, 3.63) is 76.7 Å². The standard InChI is InChI=1S/C22H21FN2O2S/c23-17-1-5-19(6-2-17)27-20-7-3-18(4-8-20)25-22(26)21-12-16(13-24-21)11-15-9-10-28-14-15/h1-10,14,16,21,24H,11-13H2,(H,25,26). The normalized spacial score (nSPS) is 18.8. The molecule has 1 aliphatic rings. The summed E-state index contributed by atoms with van der Waals surface area (Å²) in [5.74, 6) is 1.35. The molecular weight excluding hydrogens is 375 g/mol. The maximum atomic E-state index is 12.9. The topological polar surface area (TPSA) is 50.4 Å². The number of nitrogens with one attached hydrogen (secondary N) is 2. The molecular formula is C22H21FN2O2S. The van der Waals surface area contributed by atoms with E-state index in [1.807, 2.05) is 0 Å². The average molecular weight is 396 g/mol. The van der Waals surface area contributed by atoms with E-state index in [-0.39, 0.29) is 17.8 Å². The fourth-order valence-corrected chi connectivity index (χ4v) is 4.06. The minimum atomic E-state index is -0.302. The second kappa shape index (κ2) is 8.54. The molecule has 0 saturated carbocycles. The second-order valence-corrected chi connectivity index (χ2v) is 7.75. The van der Waals surface area contributed by atoms with Crippen LogP contribution in [-0.2, 0) is 11.2 Å². The van der Waals surface area contributed by atoms with Crippen LogP contribution in [-0.4, -0.2) is 18.5 Å². The summed E-state index contributed by atoms with van der Waals surface area (Å²) in [6.45, 7) is 0.860. The molecule has 2 atom stereocenters. The number of hydrogen-bond donors (Lipinski definition) is 2. The van der Waals surface area contributed by atoms with Crippen molar-refractivity contribution in [2.75, 3.05) is 11.9 Å². The lowest BCUT2D eigenvalue weighted by Gasteiger charge is -2.12.